The van der Waals surface area contributed by atoms with Crippen LogP contribution in [0.2, 0.25) is 0 Å². The number of hydrogen-bond donors (Lipinski definition) is 3. The molecule has 1 amide bonds. The molecule has 1 atom stereocenters. The van der Waals surface area contributed by atoms with E-state index in [4.69, 9.17) is 9.84 Å². The van der Waals surface area contributed by atoms with E-state index in [1.54, 1.807) is 51.6 Å². The molecular formula is C82H71BrN5NaO10. The molecule has 15 nitrogen and oxygen atoms in total. The van der Waals surface area contributed by atoms with Crippen molar-refractivity contribution < 1.29 is 69.8 Å². The number of aliphatic hydroxyl groups is 1. The van der Waals surface area contributed by atoms with E-state index >= 15 is 0 Å². The molecule has 2 aromatic heterocycles. The fourth-order valence-corrected chi connectivity index (χ4v) is 12.9. The van der Waals surface area contributed by atoms with Gasteiger partial charge < -0.3 is 31.0 Å². The number of para-hydroxylation sites is 5. The standard InChI is InChI=1S/C27H22N2O3.C27H21NO3.C18H14N2O.C9H9BrO2.CH4O.Na.H/c1-32-26(30)21-11-6-8-19(16-21)17-28-24-14-4-5-15-25(24)29(27(28)31)18-22-12-7-10-20-9-2-3-13-23(20)22;29-26-24(16-18-7-5-10-20(15-18)27(30)31)23-13-3-4-14-25(23)28(26)17-21-11-6-9-19-8-1-2-12-22(19)21;21-18-19-16-10-3-4-11-17(16)20(18)12-14-8-5-7-13-6-1-2-9-15(13)14;1-12-9(11)8-4-2-3-7(5-8)6-10;1-2;;/h2-16H,17-18H2,1H3;1-15,24H,16-17H2,(H,30,31);1-11H,12H2,(H,19,21);2-5H,6H2,1H3;2H,1H3;;/q;;;;;+1;-1. The van der Waals surface area contributed by atoms with Crippen LogP contribution in [-0.2, 0) is 52.2 Å². The van der Waals surface area contributed by atoms with Gasteiger partial charge in [0.2, 0.25) is 5.91 Å². The van der Waals surface area contributed by atoms with Crippen LogP contribution in [0.25, 0.3) is 54.4 Å². The Morgan fingerprint density at radius 1 is 0.455 bits per heavy atom. The molecule has 0 bridgehead atoms. The molecule has 1 unspecified atom stereocenters. The number of aliphatic hydroxyl groups excluding tert-OH is 1. The number of anilines is 1. The largest absolute Gasteiger partial charge is 1.00 e. The number of esters is 2. The Morgan fingerprint density at radius 2 is 0.869 bits per heavy atom. The number of hydrogen-bond acceptors (Lipinski definition) is 9. The van der Waals surface area contributed by atoms with Crippen LogP contribution in [-0.4, -0.2) is 74.0 Å². The summed E-state index contributed by atoms with van der Waals surface area (Å²) in [6.07, 6.45) is 0.475. The zero-order valence-corrected chi connectivity index (χ0v) is 58.7. The average Bonchev–Trinajstić information content (AvgIpc) is 1.63. The quantitative estimate of drug-likeness (QED) is 0.0535. The van der Waals surface area contributed by atoms with Crippen molar-refractivity contribution in [3.63, 3.8) is 0 Å². The minimum absolute atomic E-state index is 0. The van der Waals surface area contributed by atoms with Crippen molar-refractivity contribution in [1.29, 1.82) is 0 Å². The van der Waals surface area contributed by atoms with E-state index in [1.165, 1.54) is 25.0 Å². The molecule has 3 N–H and O–H groups in total. The fraction of sp³-hybridized carbons (Fsp3) is 0.122. The van der Waals surface area contributed by atoms with Crippen molar-refractivity contribution >= 4 is 99.8 Å². The molecule has 1 aliphatic heterocycles. The van der Waals surface area contributed by atoms with Gasteiger partial charge in [-0.2, -0.15) is 0 Å². The third-order valence-electron chi connectivity index (χ3n) is 17.2. The third-order valence-corrected chi connectivity index (χ3v) is 17.9. The van der Waals surface area contributed by atoms with E-state index in [1.807, 2.05) is 167 Å². The van der Waals surface area contributed by atoms with Crippen LogP contribution in [0, 0.1) is 0 Å². The van der Waals surface area contributed by atoms with Gasteiger partial charge in [-0.15, -0.1) is 0 Å². The van der Waals surface area contributed by atoms with Crippen molar-refractivity contribution in [2.75, 3.05) is 26.2 Å². The monoisotopic (exact) mass is 1390 g/mol. The number of aromatic amines is 1. The van der Waals surface area contributed by atoms with E-state index in [0.29, 0.717) is 43.7 Å². The fourth-order valence-electron chi connectivity index (χ4n) is 12.5. The van der Waals surface area contributed by atoms with Gasteiger partial charge in [-0.3, -0.25) is 18.5 Å². The number of nitrogens with one attached hydrogen (secondary N) is 1. The molecule has 0 radical (unpaired) electrons. The number of carbonyl (C=O) groups is 4. The van der Waals surface area contributed by atoms with Crippen molar-refractivity contribution in [2.45, 2.75) is 43.8 Å². The number of aromatic carboxylic acids is 1. The van der Waals surface area contributed by atoms with Crippen LogP contribution in [0.1, 0.15) is 77.4 Å². The second-order valence-corrected chi connectivity index (χ2v) is 23.7. The number of carbonyl (C=O) groups excluding carboxylic acids is 3. The summed E-state index contributed by atoms with van der Waals surface area (Å²) in [5, 5.41) is 24.0. The number of halogens is 1. The van der Waals surface area contributed by atoms with Gasteiger partial charge >= 0.3 is 58.8 Å². The smallest absolute Gasteiger partial charge is 1.00 e. The van der Waals surface area contributed by atoms with Gasteiger partial charge in [-0.25, -0.2) is 24.0 Å². The molecule has 3 heterocycles. The van der Waals surface area contributed by atoms with Crippen LogP contribution in [0.15, 0.2) is 283 Å². The van der Waals surface area contributed by atoms with Crippen molar-refractivity contribution in [3.8, 4) is 0 Å². The Labute approximate surface area is 603 Å². The molecule has 0 fully saturated rings. The second kappa shape index (κ2) is 33.5. The Bertz CT molecular complexity index is 5340. The summed E-state index contributed by atoms with van der Waals surface area (Å²) in [5.41, 5.74) is 12.8. The average molecular weight is 1390 g/mol. The Hall–Kier alpha value is -10.7. The number of nitrogens with zero attached hydrogens (tertiary/aromatic N) is 4. The summed E-state index contributed by atoms with van der Waals surface area (Å²) in [7, 11) is 3.74. The molecule has 17 heteroatoms. The Morgan fingerprint density at radius 3 is 1.41 bits per heavy atom. The Kier molecular flexibility index (Phi) is 24.0. The number of carboxylic acids is 1. The van der Waals surface area contributed by atoms with Gasteiger partial charge in [-0.05, 0) is 144 Å². The number of ether oxygens (including phenoxy) is 2. The van der Waals surface area contributed by atoms with E-state index in [2.05, 4.69) is 98.4 Å². The normalized spacial score (nSPS) is 12.0. The predicted molar refractivity (Wildman–Crippen MR) is 393 cm³/mol. The number of imidazole rings is 2. The summed E-state index contributed by atoms with van der Waals surface area (Å²) < 4.78 is 14.8. The van der Waals surface area contributed by atoms with Gasteiger partial charge in [0.1, 0.15) is 0 Å². The van der Waals surface area contributed by atoms with E-state index in [-0.39, 0.29) is 65.7 Å². The van der Waals surface area contributed by atoms with Crippen LogP contribution in [0.3, 0.4) is 0 Å². The summed E-state index contributed by atoms with van der Waals surface area (Å²) in [5.74, 6) is -1.92. The maximum absolute atomic E-state index is 13.5. The number of methoxy groups -OCH3 is 2. The minimum atomic E-state index is -0.961. The zero-order chi connectivity index (χ0) is 68.7. The molecule has 15 rings (SSSR count). The van der Waals surface area contributed by atoms with E-state index in [9.17, 15) is 33.9 Å². The molecular weight excluding hydrogens is 1320 g/mol. The third kappa shape index (κ3) is 16.3. The number of alkyl halides is 1. The van der Waals surface area contributed by atoms with Gasteiger partial charge in [0, 0.05) is 18.1 Å². The predicted octanol–water partition coefficient (Wildman–Crippen LogP) is 12.9. The van der Waals surface area contributed by atoms with E-state index in [0.717, 1.165) is 101 Å². The molecule has 0 saturated carbocycles. The summed E-state index contributed by atoms with van der Waals surface area (Å²) in [6, 6.07) is 88.1. The topological polar surface area (TPSA) is 195 Å². The second-order valence-electron chi connectivity index (χ2n) is 23.2. The molecule has 0 aliphatic carbocycles. The van der Waals surface area contributed by atoms with Crippen molar-refractivity contribution in [3.05, 3.63) is 350 Å². The number of benzene rings is 12. The summed E-state index contributed by atoms with van der Waals surface area (Å²) >= 11 is 3.31. The number of amides is 1. The number of carboxylic acid groups (broad SMARTS) is 1. The van der Waals surface area contributed by atoms with Crippen LogP contribution in [0.5, 0.6) is 0 Å². The van der Waals surface area contributed by atoms with Gasteiger partial charge in [0.25, 0.3) is 0 Å². The first-order valence-electron chi connectivity index (χ1n) is 31.7. The number of aromatic nitrogens is 4. The number of rotatable bonds is 14. The molecule has 1 aliphatic rings. The van der Waals surface area contributed by atoms with E-state index < -0.39 is 11.9 Å². The minimum Gasteiger partial charge on any atom is -1.00 e. The van der Waals surface area contributed by atoms with Gasteiger partial charge in [0.15, 0.2) is 0 Å². The van der Waals surface area contributed by atoms with Gasteiger partial charge in [-0.1, -0.05) is 222 Å². The van der Waals surface area contributed by atoms with Crippen LogP contribution >= 0.6 is 15.9 Å². The van der Waals surface area contributed by atoms with Crippen LogP contribution < -0.4 is 45.8 Å². The molecule has 0 spiro atoms. The maximum atomic E-state index is 13.5. The molecule has 12 aromatic carbocycles. The molecule has 0 saturated heterocycles. The first-order chi connectivity index (χ1) is 47.9. The first-order valence-corrected chi connectivity index (χ1v) is 32.8. The summed E-state index contributed by atoms with van der Waals surface area (Å²) in [4.78, 5) is 78.3. The van der Waals surface area contributed by atoms with Crippen molar-refractivity contribution in [1.82, 2.24) is 18.7 Å². The van der Waals surface area contributed by atoms with Gasteiger partial charge in [0.05, 0.1) is 85.1 Å². The van der Waals surface area contributed by atoms with Crippen molar-refractivity contribution in [2.24, 2.45) is 0 Å². The summed E-state index contributed by atoms with van der Waals surface area (Å²) in [6.45, 7) is 1.93. The van der Waals surface area contributed by atoms with Crippen LogP contribution in [0.4, 0.5) is 5.69 Å². The number of fused-ring (bicyclic) bond motifs is 6. The zero-order valence-electron chi connectivity index (χ0n) is 56.1. The molecule has 99 heavy (non-hydrogen) atoms. The Balaban J connectivity index is 0.000000161. The molecule has 14 aromatic rings. The first kappa shape index (κ1) is 71.1. The number of H-pyrrole nitrogens is 1. The molecule has 492 valence electrons. The maximum Gasteiger partial charge on any atom is 1.00 e. The SMILES string of the molecule is CO.COC(=O)c1cccc(CBr)c1.COC(=O)c1cccc(Cn2c(=O)n(Cc3cccc4ccccc34)c3ccccc32)c1.O=C(O)c1cccc(CC2C(=O)N(Cc3cccc4ccccc34)c3ccccc32)c1.O=c1[nH]c2ccccc2n1Cc1cccc2ccccc12.[H-].[Na+].